The van der Waals surface area contributed by atoms with Gasteiger partial charge in [-0.3, -0.25) is 4.79 Å². The molecule has 4 nitrogen and oxygen atoms in total. The number of methoxy groups -OCH3 is 2. The highest BCUT2D eigenvalue weighted by Gasteiger charge is 2.46. The van der Waals surface area contributed by atoms with E-state index in [-0.39, 0.29) is 17.5 Å². The minimum Gasteiger partial charge on any atom is -0.497 e. The number of hydrogen-bond acceptors (Lipinski definition) is 4. The molecule has 102 valence electrons. The van der Waals surface area contributed by atoms with E-state index in [4.69, 9.17) is 14.2 Å². The summed E-state index contributed by atoms with van der Waals surface area (Å²) in [4.78, 5) is 11.7. The van der Waals surface area contributed by atoms with E-state index < -0.39 is 0 Å². The van der Waals surface area contributed by atoms with Crippen LogP contribution >= 0.6 is 0 Å². The van der Waals surface area contributed by atoms with Crippen molar-refractivity contribution in [3.05, 3.63) is 23.3 Å². The lowest BCUT2D eigenvalue weighted by Crippen LogP contribution is -2.44. The van der Waals surface area contributed by atoms with Crippen molar-refractivity contribution in [2.75, 3.05) is 14.2 Å². The number of rotatable bonds is 2. The van der Waals surface area contributed by atoms with E-state index in [1.54, 1.807) is 14.2 Å². The largest absolute Gasteiger partial charge is 0.497 e. The van der Waals surface area contributed by atoms with Crippen molar-refractivity contribution in [1.82, 2.24) is 0 Å². The van der Waals surface area contributed by atoms with Crippen LogP contribution in [0.15, 0.2) is 12.1 Å². The summed E-state index contributed by atoms with van der Waals surface area (Å²) in [5.74, 6) is 1.48. The summed E-state index contributed by atoms with van der Waals surface area (Å²) in [6.07, 6.45) is 2.01. The van der Waals surface area contributed by atoms with Gasteiger partial charge in [0.05, 0.1) is 20.6 Å². The molecule has 0 amide bonds. The third kappa shape index (κ3) is 1.86. The Morgan fingerprint density at radius 2 is 2.11 bits per heavy atom. The Bertz CT molecular complexity index is 537. The standard InChI is InChI=1S/C15H18O4/c1-15-7-11(19-13(16)8-15)5-9-4-10(17-2)6-12(18-3)14(9)15/h4,6,11H,5,7-8H2,1-3H3/t11-,15+/m1/s1. The molecule has 1 heterocycles. The second kappa shape index (κ2) is 4.15. The number of fused-ring (bicyclic) bond motifs is 4. The minimum absolute atomic E-state index is 0.0180. The van der Waals surface area contributed by atoms with Gasteiger partial charge < -0.3 is 14.2 Å². The average molecular weight is 262 g/mol. The van der Waals surface area contributed by atoms with E-state index in [9.17, 15) is 4.79 Å². The summed E-state index contributed by atoms with van der Waals surface area (Å²) in [6, 6.07) is 3.92. The number of carbonyl (C=O) groups excluding carboxylic acids is 1. The van der Waals surface area contributed by atoms with Gasteiger partial charge in [0.2, 0.25) is 0 Å². The molecule has 2 bridgehead atoms. The predicted octanol–water partition coefficient (Wildman–Crippen LogP) is 2.22. The molecule has 0 unspecified atom stereocenters. The van der Waals surface area contributed by atoms with Gasteiger partial charge in [-0.2, -0.15) is 0 Å². The van der Waals surface area contributed by atoms with Gasteiger partial charge in [-0.15, -0.1) is 0 Å². The fourth-order valence-electron chi connectivity index (χ4n) is 3.48. The van der Waals surface area contributed by atoms with Crippen molar-refractivity contribution in [3.63, 3.8) is 0 Å². The van der Waals surface area contributed by atoms with Crippen LogP contribution in [0, 0.1) is 0 Å². The predicted molar refractivity (Wildman–Crippen MR) is 69.7 cm³/mol. The van der Waals surface area contributed by atoms with Crippen LogP contribution in [0.25, 0.3) is 0 Å². The molecule has 0 aromatic heterocycles. The van der Waals surface area contributed by atoms with Crippen molar-refractivity contribution >= 4 is 5.97 Å². The zero-order valence-electron chi connectivity index (χ0n) is 11.5. The Labute approximate surface area is 112 Å². The van der Waals surface area contributed by atoms with Crippen LogP contribution in [0.5, 0.6) is 11.5 Å². The Morgan fingerprint density at radius 1 is 1.32 bits per heavy atom. The van der Waals surface area contributed by atoms with E-state index in [0.29, 0.717) is 6.42 Å². The molecule has 1 fully saturated rings. The van der Waals surface area contributed by atoms with E-state index in [2.05, 4.69) is 6.92 Å². The first kappa shape index (κ1) is 12.3. The van der Waals surface area contributed by atoms with Gasteiger partial charge in [0.15, 0.2) is 0 Å². The van der Waals surface area contributed by atoms with Crippen LogP contribution in [0.1, 0.15) is 30.9 Å². The average Bonchev–Trinajstić information content (AvgIpc) is 2.35. The number of esters is 1. The van der Waals surface area contributed by atoms with Gasteiger partial charge in [-0.1, -0.05) is 6.92 Å². The third-order valence-corrected chi connectivity index (χ3v) is 4.17. The smallest absolute Gasteiger partial charge is 0.306 e. The second-order valence-corrected chi connectivity index (χ2v) is 5.62. The Balaban J connectivity index is 2.18. The van der Waals surface area contributed by atoms with Gasteiger partial charge in [0, 0.05) is 23.5 Å². The molecule has 1 aliphatic heterocycles. The highest BCUT2D eigenvalue weighted by Crippen LogP contribution is 2.49. The van der Waals surface area contributed by atoms with Crippen LogP contribution in [0.3, 0.4) is 0 Å². The van der Waals surface area contributed by atoms with Gasteiger partial charge >= 0.3 is 5.97 Å². The number of hydrogen-bond donors (Lipinski definition) is 0. The maximum atomic E-state index is 11.7. The summed E-state index contributed by atoms with van der Waals surface area (Å²) < 4.78 is 16.2. The zero-order valence-corrected chi connectivity index (χ0v) is 11.5. The van der Waals surface area contributed by atoms with E-state index >= 15 is 0 Å². The van der Waals surface area contributed by atoms with Crippen LogP contribution in [-0.4, -0.2) is 26.3 Å². The Hall–Kier alpha value is -1.71. The molecule has 3 rings (SSSR count). The number of ether oxygens (including phenoxy) is 3. The monoisotopic (exact) mass is 262 g/mol. The maximum Gasteiger partial charge on any atom is 0.306 e. The highest BCUT2D eigenvalue weighted by atomic mass is 16.5. The molecule has 0 spiro atoms. The first-order valence-corrected chi connectivity index (χ1v) is 6.50. The fourth-order valence-corrected chi connectivity index (χ4v) is 3.48. The molecule has 0 saturated carbocycles. The van der Waals surface area contributed by atoms with Crippen molar-refractivity contribution in [2.45, 2.75) is 37.7 Å². The summed E-state index contributed by atoms with van der Waals surface area (Å²) in [5.41, 5.74) is 2.12. The molecular formula is C15H18O4. The first-order valence-electron chi connectivity index (χ1n) is 6.50. The Morgan fingerprint density at radius 3 is 2.79 bits per heavy atom. The lowest BCUT2D eigenvalue weighted by Gasteiger charge is -2.43. The normalized spacial score (nSPS) is 28.4. The molecule has 2 aliphatic rings. The highest BCUT2D eigenvalue weighted by molar-refractivity contribution is 5.74. The topological polar surface area (TPSA) is 44.8 Å². The van der Waals surface area contributed by atoms with E-state index in [0.717, 1.165) is 29.9 Å². The van der Waals surface area contributed by atoms with Crippen LogP contribution in [-0.2, 0) is 21.4 Å². The van der Waals surface area contributed by atoms with Crippen molar-refractivity contribution < 1.29 is 19.0 Å². The molecule has 1 aliphatic carbocycles. The van der Waals surface area contributed by atoms with Crippen LogP contribution in [0.4, 0.5) is 0 Å². The zero-order chi connectivity index (χ0) is 13.6. The summed E-state index contributed by atoms with van der Waals surface area (Å²) in [6.45, 7) is 2.12. The molecule has 1 aromatic rings. The van der Waals surface area contributed by atoms with Crippen molar-refractivity contribution in [3.8, 4) is 11.5 Å². The second-order valence-electron chi connectivity index (χ2n) is 5.62. The van der Waals surface area contributed by atoms with Crippen molar-refractivity contribution in [2.24, 2.45) is 0 Å². The molecule has 2 atom stereocenters. The minimum atomic E-state index is -0.189. The van der Waals surface area contributed by atoms with E-state index in [1.165, 1.54) is 5.56 Å². The molecule has 1 saturated heterocycles. The van der Waals surface area contributed by atoms with Gasteiger partial charge in [0.1, 0.15) is 17.6 Å². The summed E-state index contributed by atoms with van der Waals surface area (Å²) in [7, 11) is 3.30. The molecule has 0 N–H and O–H groups in total. The fraction of sp³-hybridized carbons (Fsp3) is 0.533. The van der Waals surface area contributed by atoms with Crippen LogP contribution < -0.4 is 9.47 Å². The van der Waals surface area contributed by atoms with E-state index in [1.807, 2.05) is 12.1 Å². The Kier molecular flexibility index (Phi) is 2.69. The SMILES string of the molecule is COc1cc2c(c(OC)c1)[C@]1(C)CC(=O)O[C@H](C2)C1. The molecule has 4 heteroatoms. The molecule has 0 radical (unpaired) electrons. The molecular weight excluding hydrogens is 244 g/mol. The third-order valence-electron chi connectivity index (χ3n) is 4.17. The first-order chi connectivity index (χ1) is 9.05. The quantitative estimate of drug-likeness (QED) is 0.767. The number of carbonyl (C=O) groups is 1. The summed E-state index contributed by atoms with van der Waals surface area (Å²) >= 11 is 0. The lowest BCUT2D eigenvalue weighted by molar-refractivity contribution is -0.158. The lowest BCUT2D eigenvalue weighted by atomic mass is 9.66. The number of benzene rings is 1. The summed E-state index contributed by atoms with van der Waals surface area (Å²) in [5, 5.41) is 0. The van der Waals surface area contributed by atoms with Crippen molar-refractivity contribution in [1.29, 1.82) is 0 Å². The van der Waals surface area contributed by atoms with Gasteiger partial charge in [-0.25, -0.2) is 0 Å². The van der Waals surface area contributed by atoms with Crippen LogP contribution in [0.2, 0.25) is 0 Å². The van der Waals surface area contributed by atoms with Gasteiger partial charge in [-0.05, 0) is 18.1 Å². The van der Waals surface area contributed by atoms with Gasteiger partial charge in [0.25, 0.3) is 0 Å². The maximum absolute atomic E-state index is 11.7. The molecule has 1 aromatic carbocycles. The molecule has 19 heavy (non-hydrogen) atoms.